The van der Waals surface area contributed by atoms with Crippen LogP contribution in [0.5, 0.6) is 5.75 Å². The lowest BCUT2D eigenvalue weighted by Gasteiger charge is -2.51. The number of phenols is 1. The number of primary amides is 1. The van der Waals surface area contributed by atoms with Crippen molar-refractivity contribution >= 4 is 68.0 Å². The Morgan fingerprint density at radius 2 is 1.78 bits per heavy atom. The van der Waals surface area contributed by atoms with Gasteiger partial charge in [0.15, 0.2) is 21.5 Å². The minimum Gasteiger partial charge on any atom is -0.508 e. The molecule has 1 aromatic heterocycles. The first-order chi connectivity index (χ1) is 23.0. The van der Waals surface area contributed by atoms with Crippen LogP contribution in [0.3, 0.4) is 0 Å². The van der Waals surface area contributed by atoms with Crippen molar-refractivity contribution in [1.82, 2.24) is 4.90 Å². The van der Waals surface area contributed by atoms with Crippen LogP contribution < -0.4 is 16.0 Å². The third-order valence-electron chi connectivity index (χ3n) is 10.2. The number of rotatable bonds is 10. The number of Topliss-reactive ketones (excluding diaryl/α,β-unsaturated/α-hetero) is 2. The molecule has 1 saturated carbocycles. The Bertz CT molecular complexity index is 1800. The normalized spacial score (nSPS) is 24.7. The van der Waals surface area contributed by atoms with Crippen LogP contribution in [0.1, 0.15) is 57.9 Å². The number of furan rings is 1. The molecule has 0 radical (unpaired) electrons. The number of hydrogen-bond acceptors (Lipinski definition) is 11. The number of carbonyl (C=O) groups is 4. The van der Waals surface area contributed by atoms with Crippen LogP contribution in [0.4, 0.5) is 11.4 Å². The van der Waals surface area contributed by atoms with Gasteiger partial charge in [0.05, 0.1) is 28.6 Å². The van der Waals surface area contributed by atoms with E-state index in [2.05, 4.69) is 21.2 Å². The monoisotopic (exact) mass is 762 g/mol. The van der Waals surface area contributed by atoms with Gasteiger partial charge in [-0.25, -0.2) is 0 Å². The van der Waals surface area contributed by atoms with E-state index >= 15 is 0 Å². The minimum atomic E-state index is -2.79. The van der Waals surface area contributed by atoms with Crippen LogP contribution in [0.2, 0.25) is 5.02 Å². The maximum atomic E-state index is 14.5. The van der Waals surface area contributed by atoms with Gasteiger partial charge in [-0.05, 0) is 70.3 Å². The van der Waals surface area contributed by atoms with E-state index in [1.807, 2.05) is 18.7 Å². The molecule has 5 atom stereocenters. The van der Waals surface area contributed by atoms with Crippen molar-refractivity contribution in [3.8, 4) is 5.75 Å². The van der Waals surface area contributed by atoms with Crippen molar-refractivity contribution in [2.45, 2.75) is 63.4 Å². The fourth-order valence-electron chi connectivity index (χ4n) is 7.64. The summed E-state index contributed by atoms with van der Waals surface area (Å²) in [6.45, 7) is 10.4. The molecular formula is C34H40BrClN4O9. The molecule has 15 heteroatoms. The van der Waals surface area contributed by atoms with E-state index in [4.69, 9.17) is 21.8 Å². The van der Waals surface area contributed by atoms with Crippen LogP contribution >= 0.6 is 27.5 Å². The first kappa shape index (κ1) is 36.4. The van der Waals surface area contributed by atoms with Crippen molar-refractivity contribution in [3.05, 3.63) is 57.2 Å². The van der Waals surface area contributed by atoms with E-state index in [0.29, 0.717) is 37.4 Å². The molecule has 0 saturated heterocycles. The van der Waals surface area contributed by atoms with E-state index in [-0.39, 0.29) is 40.4 Å². The van der Waals surface area contributed by atoms with Crippen molar-refractivity contribution in [1.29, 1.82) is 0 Å². The molecule has 2 aromatic rings. The highest BCUT2D eigenvalue weighted by atomic mass is 79.9. The molecule has 2 amide bonds. The zero-order valence-electron chi connectivity index (χ0n) is 27.8. The highest BCUT2D eigenvalue weighted by Gasteiger charge is 2.64. The molecule has 1 fully saturated rings. The number of ketones is 2. The van der Waals surface area contributed by atoms with Gasteiger partial charge in [-0.2, -0.15) is 0 Å². The third kappa shape index (κ3) is 5.34. The van der Waals surface area contributed by atoms with Crippen molar-refractivity contribution in [2.24, 2.45) is 17.6 Å². The van der Waals surface area contributed by atoms with Gasteiger partial charge in [-0.1, -0.05) is 41.4 Å². The van der Waals surface area contributed by atoms with Crippen molar-refractivity contribution in [2.75, 3.05) is 36.4 Å². The molecule has 13 nitrogen and oxygen atoms in total. The number of aliphatic hydroxyl groups excluding tert-OH is 2. The zero-order valence-corrected chi connectivity index (χ0v) is 30.1. The quantitative estimate of drug-likeness (QED) is 0.116. The molecule has 264 valence electrons. The number of halogens is 2. The zero-order chi connectivity index (χ0) is 36.3. The lowest BCUT2D eigenvalue weighted by Crippen LogP contribution is -2.66. The molecule has 3 aliphatic rings. The number of carbonyl (C=O) groups excluding carboxylic acids is 4. The standard InChI is InChI=1S/C34H40BrClN4O9/c1-6-39(7-2)24-16-13-15-14-17-25(40(8-3)9-4)28(43)21(31(37)46)30(45)34(17,48)29(44)19(15)26(41)20(16)27(42)23(22(24)36)38-32(47)33(5,35)18-11-10-12-49-18/h10-12,15,17,25,41-42,45,48H,6-9,13-14H2,1-5H3,(H2,37,46)(H,38,47)/t15?,17?,25-,33?,34-/m0/s1. The number of aliphatic hydroxyl groups is 3. The summed E-state index contributed by atoms with van der Waals surface area (Å²) in [5.74, 6) is -8.14. The summed E-state index contributed by atoms with van der Waals surface area (Å²) in [6.07, 6.45) is 1.37. The Balaban J connectivity index is 1.75. The summed E-state index contributed by atoms with van der Waals surface area (Å²) in [5, 5.41) is 49.7. The highest BCUT2D eigenvalue weighted by Crippen LogP contribution is 2.57. The maximum absolute atomic E-state index is 14.5. The van der Waals surface area contributed by atoms with E-state index in [0.717, 1.165) is 0 Å². The van der Waals surface area contributed by atoms with Gasteiger partial charge in [-0.15, -0.1) is 0 Å². The first-order valence-corrected chi connectivity index (χ1v) is 17.3. The van der Waals surface area contributed by atoms with Gasteiger partial charge in [0.1, 0.15) is 28.5 Å². The predicted molar refractivity (Wildman–Crippen MR) is 186 cm³/mol. The summed E-state index contributed by atoms with van der Waals surface area (Å²) in [7, 11) is 0. The minimum absolute atomic E-state index is 0.00789. The molecule has 3 aliphatic carbocycles. The number of nitrogens with two attached hydrogens (primary N) is 1. The molecule has 0 spiro atoms. The Hall–Kier alpha value is -3.85. The second-order valence-electron chi connectivity index (χ2n) is 12.6. The molecule has 0 aliphatic heterocycles. The van der Waals surface area contributed by atoms with Crippen LogP contribution in [-0.2, 0) is 29.9 Å². The Morgan fingerprint density at radius 1 is 1.14 bits per heavy atom. The smallest absolute Gasteiger partial charge is 0.255 e. The fraction of sp³-hybridized carbons (Fsp3) is 0.471. The fourth-order valence-corrected chi connectivity index (χ4v) is 8.34. The van der Waals surface area contributed by atoms with Gasteiger partial charge in [-0.3, -0.25) is 24.1 Å². The number of amides is 2. The molecule has 1 heterocycles. The van der Waals surface area contributed by atoms with Crippen LogP contribution in [-0.4, -0.2) is 86.5 Å². The molecular weight excluding hydrogens is 724 g/mol. The number of likely N-dealkylation sites (N-methyl/N-ethyl adjacent to an activating group) is 1. The van der Waals surface area contributed by atoms with Gasteiger partial charge >= 0.3 is 0 Å². The maximum Gasteiger partial charge on any atom is 0.255 e. The number of benzene rings is 1. The molecule has 1 aromatic carbocycles. The topological polar surface area (TPSA) is 207 Å². The van der Waals surface area contributed by atoms with Crippen LogP contribution in [0.15, 0.2) is 39.7 Å². The Morgan fingerprint density at radius 3 is 2.31 bits per heavy atom. The summed E-state index contributed by atoms with van der Waals surface area (Å²) in [6, 6.07) is 2.01. The largest absolute Gasteiger partial charge is 0.508 e. The van der Waals surface area contributed by atoms with Crippen LogP contribution in [0.25, 0.3) is 5.76 Å². The predicted octanol–water partition coefficient (Wildman–Crippen LogP) is 4.09. The molecule has 5 rings (SSSR count). The Labute approximate surface area is 296 Å². The molecule has 0 bridgehead atoms. The van der Waals surface area contributed by atoms with E-state index in [1.165, 1.54) is 6.26 Å². The highest BCUT2D eigenvalue weighted by molar-refractivity contribution is 9.10. The number of phenolic OH excluding ortho intramolecular Hbond substituents is 1. The SMILES string of the molecule is CCN(CC)c1c(Cl)c(NC(=O)C(C)(Br)c2ccco2)c(O)c2c1CC1CC3[C@H](N(CC)CC)C(=O)C(C(N)=O)=C(O)[C@@]3(O)C(=O)C1=C2O. The average Bonchev–Trinajstić information content (AvgIpc) is 3.61. The lowest BCUT2D eigenvalue weighted by molar-refractivity contribution is -0.155. The second-order valence-corrected chi connectivity index (χ2v) is 14.5. The summed E-state index contributed by atoms with van der Waals surface area (Å²) >= 11 is 10.4. The van der Waals surface area contributed by atoms with Gasteiger partial charge in [0.2, 0.25) is 11.7 Å². The summed E-state index contributed by atoms with van der Waals surface area (Å²) in [5.41, 5.74) is 1.88. The number of nitrogens with zero attached hydrogens (tertiary/aromatic N) is 2. The van der Waals surface area contributed by atoms with E-state index in [9.17, 15) is 39.6 Å². The number of nitrogens with one attached hydrogen (secondary N) is 1. The van der Waals surface area contributed by atoms with E-state index < -0.39 is 74.0 Å². The number of hydrogen-bond donors (Lipinski definition) is 6. The van der Waals surface area contributed by atoms with Gasteiger partial charge in [0.25, 0.3) is 5.91 Å². The van der Waals surface area contributed by atoms with Gasteiger partial charge < -0.3 is 40.8 Å². The van der Waals surface area contributed by atoms with Gasteiger partial charge in [0, 0.05) is 24.6 Å². The second kappa shape index (κ2) is 13.1. The number of aromatic hydroxyl groups is 1. The molecule has 49 heavy (non-hydrogen) atoms. The average molecular weight is 764 g/mol. The number of fused-ring (bicyclic) bond motifs is 3. The van der Waals surface area contributed by atoms with E-state index in [1.54, 1.807) is 37.8 Å². The summed E-state index contributed by atoms with van der Waals surface area (Å²) in [4.78, 5) is 57.8. The molecule has 3 unspecified atom stereocenters. The Kier molecular flexibility index (Phi) is 9.76. The number of alkyl halides is 1. The summed E-state index contributed by atoms with van der Waals surface area (Å²) < 4.78 is 4.02. The molecule has 7 N–H and O–H groups in total. The number of anilines is 2. The van der Waals surface area contributed by atoms with Crippen molar-refractivity contribution in [3.63, 3.8) is 0 Å². The third-order valence-corrected chi connectivity index (χ3v) is 11.3. The first-order valence-electron chi connectivity index (χ1n) is 16.1. The van der Waals surface area contributed by atoms with Crippen molar-refractivity contribution < 1.29 is 44.0 Å². The lowest BCUT2D eigenvalue weighted by atomic mass is 9.57. The van der Waals surface area contributed by atoms with Crippen LogP contribution in [0, 0.1) is 11.8 Å².